The third-order valence-corrected chi connectivity index (χ3v) is 4.92. The third-order valence-electron chi connectivity index (χ3n) is 3.33. The van der Waals surface area contributed by atoms with E-state index in [4.69, 9.17) is 0 Å². The van der Waals surface area contributed by atoms with E-state index in [-0.39, 0.29) is 0 Å². The average molecular weight is 393 g/mol. The molecule has 140 valence electrons. The van der Waals surface area contributed by atoms with E-state index in [0.29, 0.717) is 10.7 Å². The molecule has 1 aromatic heterocycles. The molecule has 0 aliphatic rings. The van der Waals surface area contributed by atoms with Crippen LogP contribution in [0.15, 0.2) is 29.4 Å². The number of aromatic nitrogens is 2. The Labute approximate surface area is 143 Å². The second-order valence-electron chi connectivity index (χ2n) is 5.10. The Morgan fingerprint density at radius 3 is 2.50 bits per heavy atom. The van der Waals surface area contributed by atoms with E-state index < -0.39 is 60.1 Å². The van der Waals surface area contributed by atoms with Gasteiger partial charge in [-0.1, -0.05) is 0 Å². The Morgan fingerprint density at radius 1 is 1.42 bits per heavy atom. The van der Waals surface area contributed by atoms with E-state index in [1.54, 1.807) is 0 Å². The van der Waals surface area contributed by atoms with Crippen LogP contribution < -0.4 is 0 Å². The maximum Gasteiger partial charge on any atom is 0.418 e. The molecule has 0 saturated heterocycles. The van der Waals surface area contributed by atoms with E-state index in [0.717, 1.165) is 13.1 Å². The van der Waals surface area contributed by atoms with Crippen molar-refractivity contribution >= 4 is 15.7 Å². The van der Waals surface area contributed by atoms with E-state index in [9.17, 15) is 41.6 Å². The van der Waals surface area contributed by atoms with Gasteiger partial charge in [0.2, 0.25) is 9.84 Å². The molecule has 0 atom stereocenters. The first-order valence-electron chi connectivity index (χ1n) is 6.69. The first-order valence-corrected chi connectivity index (χ1v) is 8.34. The summed E-state index contributed by atoms with van der Waals surface area (Å²) in [4.78, 5) is 19.8. The molecular formula is C13H10F3N3O6S. The highest BCUT2D eigenvalue weighted by molar-refractivity contribution is 7.91. The van der Waals surface area contributed by atoms with Gasteiger partial charge in [-0.2, -0.15) is 18.3 Å². The number of nitro groups is 1. The van der Waals surface area contributed by atoms with Gasteiger partial charge in [0.15, 0.2) is 0 Å². The zero-order valence-electron chi connectivity index (χ0n) is 12.9. The van der Waals surface area contributed by atoms with Gasteiger partial charge in [-0.05, 0) is 24.6 Å². The largest absolute Gasteiger partial charge is 0.507 e. The van der Waals surface area contributed by atoms with Crippen molar-refractivity contribution < 1.29 is 36.4 Å². The van der Waals surface area contributed by atoms with Gasteiger partial charge in [0, 0.05) is 22.9 Å². The van der Waals surface area contributed by atoms with Crippen LogP contribution in [-0.4, -0.2) is 40.0 Å². The molecule has 26 heavy (non-hydrogen) atoms. The van der Waals surface area contributed by atoms with Gasteiger partial charge >= 0.3 is 12.1 Å². The summed E-state index contributed by atoms with van der Waals surface area (Å²) in [6, 6.07) is 1.84. The molecule has 0 aliphatic carbocycles. The van der Waals surface area contributed by atoms with Crippen molar-refractivity contribution in [2.24, 2.45) is 0 Å². The van der Waals surface area contributed by atoms with Gasteiger partial charge in [0.1, 0.15) is 10.6 Å². The fourth-order valence-corrected chi connectivity index (χ4v) is 3.70. The highest BCUT2D eigenvalue weighted by Crippen LogP contribution is 2.42. The van der Waals surface area contributed by atoms with Gasteiger partial charge < -0.3 is 5.11 Å². The van der Waals surface area contributed by atoms with E-state index >= 15 is 0 Å². The third kappa shape index (κ3) is 3.51. The van der Waals surface area contributed by atoms with Crippen molar-refractivity contribution in [2.75, 3.05) is 5.88 Å². The normalized spacial score (nSPS) is 12.2. The molecule has 0 amide bonds. The molecule has 0 spiro atoms. The number of hydrogen-bond donors (Lipinski definition) is 1. The number of carbonyl (C=O) groups excluding carboxylic acids is 1. The molecule has 0 fully saturated rings. The second-order valence-corrected chi connectivity index (χ2v) is 7.00. The number of phenolic OH excluding ortho intramolecular Hbond substituents is 1. The highest BCUT2D eigenvalue weighted by atomic mass is 32.2. The topological polar surface area (TPSA) is 132 Å². The lowest BCUT2D eigenvalue weighted by Crippen LogP contribution is -2.23. The van der Waals surface area contributed by atoms with Crippen molar-refractivity contribution in [2.45, 2.75) is 18.0 Å². The molecule has 1 heterocycles. The van der Waals surface area contributed by atoms with Crippen LogP contribution in [0.25, 0.3) is 0 Å². The maximum absolute atomic E-state index is 13.5. The number of nitrogens with zero attached hydrogens (tertiary/aromatic N) is 3. The summed E-state index contributed by atoms with van der Waals surface area (Å²) in [6.45, 7) is 0.824. The smallest absolute Gasteiger partial charge is 0.418 e. The lowest BCUT2D eigenvalue weighted by molar-refractivity contribution is -0.458. The number of benzene rings is 1. The summed E-state index contributed by atoms with van der Waals surface area (Å²) in [5, 5.41) is 23.9. The summed E-state index contributed by atoms with van der Waals surface area (Å²) in [7, 11) is -5.13. The van der Waals surface area contributed by atoms with Gasteiger partial charge in [0.05, 0.1) is 5.56 Å². The number of phenols is 1. The number of aromatic hydroxyl groups is 1. The summed E-state index contributed by atoms with van der Waals surface area (Å²) in [5.74, 6) is -4.32. The molecule has 2 rings (SSSR count). The summed E-state index contributed by atoms with van der Waals surface area (Å²) in [5.41, 5.74) is -3.30. The monoisotopic (exact) mass is 393 g/mol. The Bertz CT molecular complexity index is 984. The van der Waals surface area contributed by atoms with Crippen LogP contribution in [0.1, 0.15) is 21.5 Å². The number of sulfone groups is 1. The first-order chi connectivity index (χ1) is 11.9. The average Bonchev–Trinajstić information content (AvgIpc) is 2.99. The molecule has 13 heteroatoms. The Hall–Kier alpha value is -2.96. The van der Waals surface area contributed by atoms with E-state index in [1.165, 1.54) is 12.3 Å². The second kappa shape index (κ2) is 6.40. The van der Waals surface area contributed by atoms with Crippen LogP contribution in [0, 0.1) is 17.0 Å². The van der Waals surface area contributed by atoms with Crippen molar-refractivity contribution in [3.8, 4) is 5.75 Å². The molecule has 2 aromatic rings. The summed E-state index contributed by atoms with van der Waals surface area (Å²) < 4.78 is 65.1. The standard InChI is InChI=1S/C13H10F3N3O6S/c1-7-8(12(21)18-4-2-3-17-18)5-9(20)11(10(7)13(14,15)16)26(24,25)6-19(22)23/h2-5,20H,6H2,1H3. The first kappa shape index (κ1) is 19.4. The summed E-state index contributed by atoms with van der Waals surface area (Å²) >= 11 is 0. The van der Waals surface area contributed by atoms with Crippen LogP contribution in [-0.2, 0) is 16.0 Å². The number of hydrogen-bond acceptors (Lipinski definition) is 7. The molecule has 1 aromatic carbocycles. The van der Waals surface area contributed by atoms with Gasteiger partial charge in [-0.15, -0.1) is 0 Å². The van der Waals surface area contributed by atoms with Crippen molar-refractivity contribution in [3.05, 3.63) is 51.3 Å². The minimum absolute atomic E-state index is 0.515. The zero-order valence-corrected chi connectivity index (χ0v) is 13.7. The molecule has 9 nitrogen and oxygen atoms in total. The highest BCUT2D eigenvalue weighted by Gasteiger charge is 2.43. The number of carbonyl (C=O) groups is 1. The Morgan fingerprint density at radius 2 is 2.04 bits per heavy atom. The predicted octanol–water partition coefficient (Wildman–Crippen LogP) is 1.61. The zero-order chi connectivity index (χ0) is 19.9. The van der Waals surface area contributed by atoms with Gasteiger partial charge in [-0.3, -0.25) is 14.9 Å². The molecule has 0 aliphatic heterocycles. The van der Waals surface area contributed by atoms with Crippen molar-refractivity contribution in [1.29, 1.82) is 0 Å². The van der Waals surface area contributed by atoms with Gasteiger partial charge in [-0.25, -0.2) is 13.1 Å². The van der Waals surface area contributed by atoms with Crippen LogP contribution in [0.2, 0.25) is 0 Å². The molecule has 0 radical (unpaired) electrons. The van der Waals surface area contributed by atoms with E-state index in [2.05, 4.69) is 5.10 Å². The minimum atomic E-state index is -5.30. The van der Waals surface area contributed by atoms with Crippen LogP contribution in [0.3, 0.4) is 0 Å². The van der Waals surface area contributed by atoms with E-state index in [1.807, 2.05) is 0 Å². The molecule has 0 bridgehead atoms. The Balaban J connectivity index is 2.83. The lowest BCUT2D eigenvalue weighted by Gasteiger charge is -2.18. The SMILES string of the molecule is Cc1c(C(=O)n2cccn2)cc(O)c(S(=O)(=O)C[N+](=O)[O-])c1C(F)(F)F. The molecule has 0 unspecified atom stereocenters. The molecule has 1 N–H and O–H groups in total. The fourth-order valence-electron chi connectivity index (χ4n) is 2.34. The molecular weight excluding hydrogens is 383 g/mol. The van der Waals surface area contributed by atoms with Crippen molar-refractivity contribution in [3.63, 3.8) is 0 Å². The number of halogens is 3. The predicted molar refractivity (Wildman–Crippen MR) is 78.8 cm³/mol. The van der Waals surface area contributed by atoms with Crippen LogP contribution in [0.5, 0.6) is 5.75 Å². The quantitative estimate of drug-likeness (QED) is 0.616. The minimum Gasteiger partial charge on any atom is -0.507 e. The Kier molecular flexibility index (Phi) is 4.77. The van der Waals surface area contributed by atoms with Crippen LogP contribution in [0.4, 0.5) is 13.2 Å². The maximum atomic E-state index is 13.5. The number of alkyl halides is 3. The fraction of sp³-hybridized carbons (Fsp3) is 0.231. The summed E-state index contributed by atoms with van der Waals surface area (Å²) in [6.07, 6.45) is -2.97. The van der Waals surface area contributed by atoms with Crippen molar-refractivity contribution in [1.82, 2.24) is 9.78 Å². The molecule has 0 saturated carbocycles. The lowest BCUT2D eigenvalue weighted by atomic mass is 10.0. The van der Waals surface area contributed by atoms with Crippen LogP contribution >= 0.6 is 0 Å². The number of rotatable bonds is 4. The van der Waals surface area contributed by atoms with Gasteiger partial charge in [0.25, 0.3) is 5.91 Å².